The number of benzene rings is 1. The number of nitrogens with one attached hydrogen (secondary N) is 1. The molecule has 0 aliphatic carbocycles. The normalized spacial score (nSPS) is 9.47. The quantitative estimate of drug-likeness (QED) is 0.505. The van der Waals surface area contributed by atoms with E-state index in [9.17, 15) is 9.59 Å². The third-order valence-corrected chi connectivity index (χ3v) is 2.14. The highest BCUT2D eigenvalue weighted by molar-refractivity contribution is 6.32. The van der Waals surface area contributed by atoms with E-state index in [0.29, 0.717) is 5.02 Å². The fourth-order valence-corrected chi connectivity index (χ4v) is 1.18. The van der Waals surface area contributed by atoms with Crippen molar-refractivity contribution in [1.29, 1.82) is 0 Å². The summed E-state index contributed by atoms with van der Waals surface area (Å²) in [5, 5.41) is 3.05. The lowest BCUT2D eigenvalue weighted by atomic mass is 10.2. The zero-order valence-electron chi connectivity index (χ0n) is 9.11. The Balaban J connectivity index is 2.40. The van der Waals surface area contributed by atoms with Crippen LogP contribution < -0.4 is 5.32 Å². The molecule has 0 saturated heterocycles. The van der Waals surface area contributed by atoms with Crippen LogP contribution in [0.3, 0.4) is 0 Å². The van der Waals surface area contributed by atoms with Gasteiger partial charge in [-0.05, 0) is 17.7 Å². The van der Waals surface area contributed by atoms with Gasteiger partial charge in [0.05, 0.1) is 0 Å². The van der Waals surface area contributed by atoms with Gasteiger partial charge < -0.3 is 10.1 Å². The summed E-state index contributed by atoms with van der Waals surface area (Å²) < 4.78 is 4.57. The van der Waals surface area contributed by atoms with Gasteiger partial charge in [-0.25, -0.2) is 4.79 Å². The topological polar surface area (TPSA) is 55.4 Å². The smallest absolute Gasteiger partial charge is 0.397 e. The van der Waals surface area contributed by atoms with Crippen molar-refractivity contribution in [3.05, 3.63) is 47.5 Å². The van der Waals surface area contributed by atoms with E-state index in [0.717, 1.165) is 5.56 Å². The SMILES string of the molecule is C=CCOC(=O)C(=O)NCc1ccc(Cl)cc1. The van der Waals surface area contributed by atoms with Crippen LogP contribution in [0.4, 0.5) is 0 Å². The molecule has 5 heteroatoms. The molecule has 0 aliphatic rings. The van der Waals surface area contributed by atoms with Crippen LogP contribution in [0.1, 0.15) is 5.56 Å². The van der Waals surface area contributed by atoms with Crippen molar-refractivity contribution in [2.45, 2.75) is 6.54 Å². The maximum Gasteiger partial charge on any atom is 0.397 e. The molecule has 0 saturated carbocycles. The van der Waals surface area contributed by atoms with Crippen LogP contribution >= 0.6 is 11.6 Å². The van der Waals surface area contributed by atoms with Gasteiger partial charge in [0.15, 0.2) is 0 Å². The van der Waals surface area contributed by atoms with Gasteiger partial charge in [-0.1, -0.05) is 36.4 Å². The van der Waals surface area contributed by atoms with Crippen molar-refractivity contribution in [3.8, 4) is 0 Å². The number of carbonyl (C=O) groups is 2. The molecule has 4 nitrogen and oxygen atoms in total. The molecule has 0 fully saturated rings. The van der Waals surface area contributed by atoms with Crippen LogP contribution in [0.25, 0.3) is 0 Å². The molecule has 0 aromatic heterocycles. The van der Waals surface area contributed by atoms with Gasteiger partial charge in [-0.15, -0.1) is 0 Å². The zero-order valence-corrected chi connectivity index (χ0v) is 9.87. The first-order chi connectivity index (χ1) is 8.13. The highest BCUT2D eigenvalue weighted by Crippen LogP contribution is 2.08. The van der Waals surface area contributed by atoms with Crippen LogP contribution in [0.15, 0.2) is 36.9 Å². The summed E-state index contributed by atoms with van der Waals surface area (Å²) in [6.07, 6.45) is 1.39. The van der Waals surface area contributed by atoms with Gasteiger partial charge in [-0.3, -0.25) is 4.79 Å². The van der Waals surface area contributed by atoms with Crippen LogP contribution in [-0.2, 0) is 20.9 Å². The van der Waals surface area contributed by atoms with E-state index in [4.69, 9.17) is 11.6 Å². The summed E-state index contributed by atoms with van der Waals surface area (Å²) in [6, 6.07) is 6.94. The Morgan fingerprint density at radius 3 is 2.59 bits per heavy atom. The fourth-order valence-electron chi connectivity index (χ4n) is 1.06. The number of esters is 1. The summed E-state index contributed by atoms with van der Waals surface area (Å²) in [4.78, 5) is 22.3. The summed E-state index contributed by atoms with van der Waals surface area (Å²) in [5.74, 6) is -1.69. The molecule has 17 heavy (non-hydrogen) atoms. The van der Waals surface area contributed by atoms with E-state index in [-0.39, 0.29) is 13.2 Å². The van der Waals surface area contributed by atoms with Gasteiger partial charge in [0.1, 0.15) is 6.61 Å². The second-order valence-corrected chi connectivity index (χ2v) is 3.63. The van der Waals surface area contributed by atoms with E-state index >= 15 is 0 Å². The molecule has 1 aromatic carbocycles. The van der Waals surface area contributed by atoms with Crippen molar-refractivity contribution in [3.63, 3.8) is 0 Å². The average Bonchev–Trinajstić information content (AvgIpc) is 2.34. The van der Waals surface area contributed by atoms with Gasteiger partial charge in [0.2, 0.25) is 0 Å². The maximum atomic E-state index is 11.2. The third-order valence-electron chi connectivity index (χ3n) is 1.88. The Hall–Kier alpha value is -1.81. The summed E-state index contributed by atoms with van der Waals surface area (Å²) >= 11 is 5.71. The van der Waals surface area contributed by atoms with Crippen molar-refractivity contribution in [1.82, 2.24) is 5.32 Å². The standard InChI is InChI=1S/C12H12ClNO3/c1-2-7-17-12(16)11(15)14-8-9-3-5-10(13)6-4-9/h2-6H,1,7-8H2,(H,14,15). The van der Waals surface area contributed by atoms with Crippen LogP contribution in [0, 0.1) is 0 Å². The molecular weight excluding hydrogens is 242 g/mol. The summed E-state index contributed by atoms with van der Waals surface area (Å²) in [5.41, 5.74) is 0.847. The summed E-state index contributed by atoms with van der Waals surface area (Å²) in [7, 11) is 0. The van der Waals surface area contributed by atoms with E-state index in [1.807, 2.05) is 0 Å². The second kappa shape index (κ2) is 6.70. The Morgan fingerprint density at radius 2 is 2.00 bits per heavy atom. The number of rotatable bonds is 4. The van der Waals surface area contributed by atoms with E-state index in [1.165, 1.54) is 6.08 Å². The highest BCUT2D eigenvalue weighted by atomic mass is 35.5. The van der Waals surface area contributed by atoms with Gasteiger partial charge in [0, 0.05) is 11.6 Å². The van der Waals surface area contributed by atoms with Crippen molar-refractivity contribution in [2.24, 2.45) is 0 Å². The molecule has 90 valence electrons. The molecular formula is C12H12ClNO3. The average molecular weight is 254 g/mol. The molecule has 0 spiro atoms. The minimum Gasteiger partial charge on any atom is -0.454 e. The zero-order chi connectivity index (χ0) is 12.7. The fraction of sp³-hybridized carbons (Fsp3) is 0.167. The predicted molar refractivity (Wildman–Crippen MR) is 64.5 cm³/mol. The van der Waals surface area contributed by atoms with Crippen molar-refractivity contribution < 1.29 is 14.3 Å². The molecule has 0 aliphatic heterocycles. The molecule has 0 heterocycles. The Labute approximate surface area is 104 Å². The van der Waals surface area contributed by atoms with E-state index in [2.05, 4.69) is 16.6 Å². The largest absolute Gasteiger partial charge is 0.454 e. The van der Waals surface area contributed by atoms with E-state index < -0.39 is 11.9 Å². The third kappa shape index (κ3) is 4.70. The predicted octanol–water partition coefficient (Wildman–Crippen LogP) is 1.69. The Morgan fingerprint density at radius 1 is 1.35 bits per heavy atom. The highest BCUT2D eigenvalue weighted by Gasteiger charge is 2.13. The number of ether oxygens (including phenoxy) is 1. The molecule has 0 radical (unpaired) electrons. The lowest BCUT2D eigenvalue weighted by molar-refractivity contribution is -0.154. The van der Waals surface area contributed by atoms with Crippen molar-refractivity contribution in [2.75, 3.05) is 6.61 Å². The second-order valence-electron chi connectivity index (χ2n) is 3.20. The molecule has 0 unspecified atom stereocenters. The van der Waals surface area contributed by atoms with Gasteiger partial charge in [0.25, 0.3) is 0 Å². The lowest BCUT2D eigenvalue weighted by Crippen LogP contribution is -2.32. The minimum atomic E-state index is -0.918. The molecule has 1 N–H and O–H groups in total. The van der Waals surface area contributed by atoms with Crippen LogP contribution in [-0.4, -0.2) is 18.5 Å². The van der Waals surface area contributed by atoms with Crippen LogP contribution in [0.2, 0.25) is 5.02 Å². The number of hydrogen-bond donors (Lipinski definition) is 1. The first-order valence-electron chi connectivity index (χ1n) is 4.94. The van der Waals surface area contributed by atoms with Gasteiger partial charge in [-0.2, -0.15) is 0 Å². The maximum absolute atomic E-state index is 11.2. The molecule has 0 atom stereocenters. The monoisotopic (exact) mass is 253 g/mol. The van der Waals surface area contributed by atoms with E-state index in [1.54, 1.807) is 24.3 Å². The number of carbonyl (C=O) groups excluding carboxylic acids is 2. The molecule has 1 rings (SSSR count). The van der Waals surface area contributed by atoms with Crippen molar-refractivity contribution >= 4 is 23.5 Å². The van der Waals surface area contributed by atoms with Crippen LogP contribution in [0.5, 0.6) is 0 Å². The van der Waals surface area contributed by atoms with Gasteiger partial charge >= 0.3 is 11.9 Å². The number of hydrogen-bond acceptors (Lipinski definition) is 3. The summed E-state index contributed by atoms with van der Waals surface area (Å²) in [6.45, 7) is 3.64. The number of amides is 1. The Bertz CT molecular complexity index is 414. The molecule has 1 aromatic rings. The minimum absolute atomic E-state index is 0.0210. The molecule has 0 bridgehead atoms. The first kappa shape index (κ1) is 13.3. The number of halogens is 1. The molecule has 1 amide bonds. The lowest BCUT2D eigenvalue weighted by Gasteiger charge is -2.04. The first-order valence-corrected chi connectivity index (χ1v) is 5.31. The Kier molecular flexibility index (Phi) is 5.23.